The van der Waals surface area contributed by atoms with Crippen molar-refractivity contribution in [1.29, 1.82) is 5.26 Å². The van der Waals surface area contributed by atoms with E-state index in [9.17, 15) is 0 Å². The van der Waals surface area contributed by atoms with Gasteiger partial charge in [0.15, 0.2) is 0 Å². The fraction of sp³-hybridized carbons (Fsp3) is 0.333. The van der Waals surface area contributed by atoms with Crippen molar-refractivity contribution in [2.45, 2.75) is 19.3 Å². The van der Waals surface area contributed by atoms with Crippen LogP contribution in [0.2, 0.25) is 0 Å². The van der Waals surface area contributed by atoms with Crippen molar-refractivity contribution in [3.8, 4) is 6.07 Å². The lowest BCUT2D eigenvalue weighted by Gasteiger charge is -2.14. The van der Waals surface area contributed by atoms with E-state index in [1.54, 1.807) is 13.8 Å². The van der Waals surface area contributed by atoms with Crippen molar-refractivity contribution >= 4 is 12.6 Å². The van der Waals surface area contributed by atoms with Crippen molar-refractivity contribution < 1.29 is 10.0 Å². The summed E-state index contributed by atoms with van der Waals surface area (Å²) < 4.78 is 0. The Labute approximate surface area is 83.0 Å². The molecule has 0 aliphatic carbocycles. The number of nitriles is 1. The van der Waals surface area contributed by atoms with Gasteiger partial charge in [0.2, 0.25) is 0 Å². The Balaban J connectivity index is 3.14. The summed E-state index contributed by atoms with van der Waals surface area (Å²) in [6, 6.07) is 5.12. The molecule has 1 aromatic rings. The van der Waals surface area contributed by atoms with Gasteiger partial charge in [-0.25, -0.2) is 0 Å². The average molecular weight is 190 g/mol. The Morgan fingerprint density at radius 2 is 2.14 bits per heavy atom. The summed E-state index contributed by atoms with van der Waals surface area (Å²) in [5.74, 6) is 0. The molecule has 0 atom stereocenters. The van der Waals surface area contributed by atoms with Gasteiger partial charge in [0.05, 0.1) is 17.2 Å². The molecule has 1 aromatic heterocycles. The Kier molecular flexibility index (Phi) is 2.89. The van der Waals surface area contributed by atoms with Gasteiger partial charge < -0.3 is 10.0 Å². The molecule has 0 amide bonds. The van der Waals surface area contributed by atoms with Gasteiger partial charge in [-0.05, 0) is 31.4 Å². The highest BCUT2D eigenvalue weighted by molar-refractivity contribution is 6.58. The molecule has 4 nitrogen and oxygen atoms in total. The van der Waals surface area contributed by atoms with E-state index in [4.69, 9.17) is 15.3 Å². The van der Waals surface area contributed by atoms with Gasteiger partial charge in [-0.1, -0.05) is 0 Å². The Morgan fingerprint density at radius 3 is 2.64 bits per heavy atom. The lowest BCUT2D eigenvalue weighted by Crippen LogP contribution is -2.31. The average Bonchev–Trinajstić information content (AvgIpc) is 2.18. The zero-order chi connectivity index (χ0) is 10.8. The number of hydrogen-bond acceptors (Lipinski definition) is 4. The molecule has 0 aliphatic rings. The van der Waals surface area contributed by atoms with Crippen LogP contribution in [0.4, 0.5) is 0 Å². The molecule has 0 unspecified atom stereocenters. The number of rotatable bonds is 2. The lowest BCUT2D eigenvalue weighted by molar-refractivity contribution is 0.425. The van der Waals surface area contributed by atoms with Crippen LogP contribution in [0.3, 0.4) is 0 Å². The van der Waals surface area contributed by atoms with E-state index in [0.29, 0.717) is 11.2 Å². The third-order valence-electron chi connectivity index (χ3n) is 2.00. The maximum atomic E-state index is 8.93. The molecule has 0 radical (unpaired) electrons. The SMILES string of the molecule is CC(C)(C#N)c1cc(B(O)O)ccn1. The first-order valence-electron chi connectivity index (χ1n) is 4.21. The molecule has 0 aliphatic heterocycles. The molecule has 5 heteroatoms. The summed E-state index contributed by atoms with van der Waals surface area (Å²) in [7, 11) is -1.52. The molecule has 0 bridgehead atoms. The van der Waals surface area contributed by atoms with Crippen LogP contribution in [0.25, 0.3) is 0 Å². The molecule has 14 heavy (non-hydrogen) atoms. The van der Waals surface area contributed by atoms with E-state index >= 15 is 0 Å². The molecule has 0 fully saturated rings. The number of hydrogen-bond donors (Lipinski definition) is 2. The minimum atomic E-state index is -1.52. The van der Waals surface area contributed by atoms with Crippen LogP contribution in [-0.2, 0) is 5.41 Å². The predicted molar refractivity (Wildman–Crippen MR) is 52.7 cm³/mol. The van der Waals surface area contributed by atoms with E-state index < -0.39 is 12.5 Å². The molecule has 0 saturated carbocycles. The summed E-state index contributed by atoms with van der Waals surface area (Å²) >= 11 is 0. The largest absolute Gasteiger partial charge is 0.488 e. The predicted octanol–water partition coefficient (Wildman–Crippen LogP) is -0.437. The standard InChI is InChI=1S/C9H11BN2O2/c1-9(2,6-11)8-5-7(10(13)14)3-4-12-8/h3-5,13-14H,1-2H3. The molecule has 0 spiro atoms. The fourth-order valence-corrected chi connectivity index (χ4v) is 1.01. The molecular weight excluding hydrogens is 179 g/mol. The van der Waals surface area contributed by atoms with Crippen molar-refractivity contribution in [3.63, 3.8) is 0 Å². The highest BCUT2D eigenvalue weighted by atomic mass is 16.4. The number of pyridine rings is 1. The normalized spacial score (nSPS) is 10.8. The Morgan fingerprint density at radius 1 is 1.50 bits per heavy atom. The van der Waals surface area contributed by atoms with Gasteiger partial charge in [0.25, 0.3) is 0 Å². The second-order valence-electron chi connectivity index (χ2n) is 3.58. The summed E-state index contributed by atoms with van der Waals surface area (Å²) in [6.45, 7) is 3.45. The zero-order valence-corrected chi connectivity index (χ0v) is 8.10. The highest BCUT2D eigenvalue weighted by Gasteiger charge is 2.23. The van der Waals surface area contributed by atoms with E-state index in [2.05, 4.69) is 11.1 Å². The zero-order valence-electron chi connectivity index (χ0n) is 8.10. The molecule has 2 N–H and O–H groups in total. The summed E-state index contributed by atoms with van der Waals surface area (Å²) in [6.07, 6.45) is 1.46. The maximum Gasteiger partial charge on any atom is 0.488 e. The topological polar surface area (TPSA) is 77.1 Å². The monoisotopic (exact) mass is 190 g/mol. The summed E-state index contributed by atoms with van der Waals surface area (Å²) in [4.78, 5) is 4.02. The minimum Gasteiger partial charge on any atom is -0.423 e. The second kappa shape index (κ2) is 3.78. The van der Waals surface area contributed by atoms with Crippen LogP contribution >= 0.6 is 0 Å². The third kappa shape index (κ3) is 2.10. The van der Waals surface area contributed by atoms with Crippen LogP contribution in [-0.4, -0.2) is 22.2 Å². The maximum absolute atomic E-state index is 8.93. The van der Waals surface area contributed by atoms with Gasteiger partial charge in [-0.15, -0.1) is 0 Å². The fourth-order valence-electron chi connectivity index (χ4n) is 1.01. The summed E-state index contributed by atoms with van der Waals surface area (Å²) in [5, 5.41) is 26.7. The van der Waals surface area contributed by atoms with Gasteiger partial charge in [0.1, 0.15) is 0 Å². The van der Waals surface area contributed by atoms with Crippen LogP contribution < -0.4 is 5.46 Å². The molecule has 1 rings (SSSR count). The minimum absolute atomic E-state index is 0.346. The quantitative estimate of drug-likeness (QED) is 0.620. The van der Waals surface area contributed by atoms with Crippen LogP contribution in [0.5, 0.6) is 0 Å². The van der Waals surface area contributed by atoms with Crippen LogP contribution in [0, 0.1) is 11.3 Å². The molecular formula is C9H11BN2O2. The molecule has 0 saturated heterocycles. The van der Waals surface area contributed by atoms with Crippen molar-refractivity contribution in [1.82, 2.24) is 4.98 Å². The van der Waals surface area contributed by atoms with Crippen LogP contribution in [0.15, 0.2) is 18.3 Å². The smallest absolute Gasteiger partial charge is 0.423 e. The van der Waals surface area contributed by atoms with Crippen molar-refractivity contribution in [2.75, 3.05) is 0 Å². The van der Waals surface area contributed by atoms with Crippen LogP contribution in [0.1, 0.15) is 19.5 Å². The first-order valence-corrected chi connectivity index (χ1v) is 4.21. The molecule has 72 valence electrons. The van der Waals surface area contributed by atoms with Crippen molar-refractivity contribution in [3.05, 3.63) is 24.0 Å². The summed E-state index contributed by atoms with van der Waals surface area (Å²) in [5.41, 5.74) is 0.161. The van der Waals surface area contributed by atoms with Gasteiger partial charge in [-0.2, -0.15) is 5.26 Å². The molecule has 0 aromatic carbocycles. The lowest BCUT2D eigenvalue weighted by atomic mass is 9.78. The van der Waals surface area contributed by atoms with E-state index in [1.165, 1.54) is 18.3 Å². The van der Waals surface area contributed by atoms with Crippen molar-refractivity contribution in [2.24, 2.45) is 0 Å². The van der Waals surface area contributed by atoms with Gasteiger partial charge in [-0.3, -0.25) is 4.98 Å². The first-order chi connectivity index (χ1) is 6.47. The Bertz CT molecular complexity index is 371. The second-order valence-corrected chi connectivity index (χ2v) is 3.58. The van der Waals surface area contributed by atoms with E-state index in [1.807, 2.05) is 0 Å². The van der Waals surface area contributed by atoms with Gasteiger partial charge in [0, 0.05) is 6.20 Å². The first kappa shape index (κ1) is 10.7. The number of aromatic nitrogens is 1. The highest BCUT2D eigenvalue weighted by Crippen LogP contribution is 2.18. The van der Waals surface area contributed by atoms with Gasteiger partial charge >= 0.3 is 7.12 Å². The Hall–Kier alpha value is -1.38. The van der Waals surface area contributed by atoms with E-state index in [0.717, 1.165) is 0 Å². The molecule has 1 heterocycles. The number of nitrogens with zero attached hydrogens (tertiary/aromatic N) is 2. The third-order valence-corrected chi connectivity index (χ3v) is 2.00. The van der Waals surface area contributed by atoms with E-state index in [-0.39, 0.29) is 0 Å².